The third kappa shape index (κ3) is 3.27. The molecule has 0 saturated heterocycles. The third-order valence-electron chi connectivity index (χ3n) is 1.64. The Labute approximate surface area is 82.5 Å². The van der Waals surface area contributed by atoms with E-state index in [-0.39, 0.29) is 11.5 Å². The van der Waals surface area contributed by atoms with E-state index in [4.69, 9.17) is 5.73 Å². The topological polar surface area (TPSA) is 26.0 Å². The average Bonchev–Trinajstić information content (AvgIpc) is 2.07. The van der Waals surface area contributed by atoms with Gasteiger partial charge in [-0.2, -0.15) is 11.8 Å². The van der Waals surface area contributed by atoms with Gasteiger partial charge in [-0.1, -0.05) is 19.9 Å². The van der Waals surface area contributed by atoms with Crippen LogP contribution in [0, 0.1) is 5.82 Å². The lowest BCUT2D eigenvalue weighted by Crippen LogP contribution is -1.94. The van der Waals surface area contributed by atoms with Crippen LogP contribution in [0.4, 0.5) is 10.1 Å². The second-order valence-corrected chi connectivity index (χ2v) is 4.78. The minimum absolute atomic E-state index is 0.238. The van der Waals surface area contributed by atoms with Gasteiger partial charge in [0.1, 0.15) is 5.82 Å². The molecule has 0 aliphatic heterocycles. The standard InChI is InChI=1S/C10H14FNS/c1-7(2)13-6-8-3-4-9(11)10(12)5-8/h3-5,7H,6,12H2,1-2H3. The van der Waals surface area contributed by atoms with E-state index < -0.39 is 0 Å². The van der Waals surface area contributed by atoms with Crippen LogP contribution >= 0.6 is 11.8 Å². The summed E-state index contributed by atoms with van der Waals surface area (Å²) in [6, 6.07) is 4.90. The van der Waals surface area contributed by atoms with Crippen LogP contribution in [0.3, 0.4) is 0 Å². The summed E-state index contributed by atoms with van der Waals surface area (Å²) in [4.78, 5) is 0. The summed E-state index contributed by atoms with van der Waals surface area (Å²) >= 11 is 1.82. The van der Waals surface area contributed by atoms with Crippen molar-refractivity contribution in [3.8, 4) is 0 Å². The summed E-state index contributed by atoms with van der Waals surface area (Å²) < 4.78 is 12.8. The summed E-state index contributed by atoms with van der Waals surface area (Å²) in [5.74, 6) is 0.556. The van der Waals surface area contributed by atoms with Gasteiger partial charge in [0.2, 0.25) is 0 Å². The molecule has 0 radical (unpaired) electrons. The number of benzene rings is 1. The van der Waals surface area contributed by atoms with Crippen molar-refractivity contribution in [2.45, 2.75) is 24.9 Å². The third-order valence-corrected chi connectivity index (χ3v) is 2.81. The summed E-state index contributed by atoms with van der Waals surface area (Å²) in [6.45, 7) is 4.27. The van der Waals surface area contributed by atoms with Gasteiger partial charge in [0, 0.05) is 5.75 Å². The SMILES string of the molecule is CC(C)SCc1ccc(F)c(N)c1. The molecule has 0 aliphatic rings. The van der Waals surface area contributed by atoms with Crippen LogP contribution in [0.2, 0.25) is 0 Å². The number of rotatable bonds is 3. The zero-order valence-corrected chi connectivity index (χ0v) is 8.70. The van der Waals surface area contributed by atoms with Crippen molar-refractivity contribution >= 4 is 17.4 Å². The minimum atomic E-state index is -0.335. The highest BCUT2D eigenvalue weighted by Crippen LogP contribution is 2.20. The fourth-order valence-corrected chi connectivity index (χ4v) is 1.65. The predicted molar refractivity (Wildman–Crippen MR) is 57.2 cm³/mol. The van der Waals surface area contributed by atoms with Gasteiger partial charge in [0.05, 0.1) is 5.69 Å². The predicted octanol–water partition coefficient (Wildman–Crippen LogP) is 3.05. The molecule has 0 aliphatic carbocycles. The molecule has 0 amide bonds. The number of hydrogen-bond acceptors (Lipinski definition) is 2. The molecule has 1 aromatic rings. The first-order chi connectivity index (χ1) is 6.09. The van der Waals surface area contributed by atoms with Gasteiger partial charge in [0.15, 0.2) is 0 Å². The van der Waals surface area contributed by atoms with Gasteiger partial charge in [-0.15, -0.1) is 0 Å². The maximum absolute atomic E-state index is 12.8. The first kappa shape index (κ1) is 10.4. The Kier molecular flexibility index (Phi) is 3.60. The highest BCUT2D eigenvalue weighted by atomic mass is 32.2. The molecule has 0 aromatic heterocycles. The average molecular weight is 199 g/mol. The number of halogens is 1. The normalized spacial score (nSPS) is 10.8. The van der Waals surface area contributed by atoms with Gasteiger partial charge in [-0.05, 0) is 22.9 Å². The van der Waals surface area contributed by atoms with Gasteiger partial charge >= 0.3 is 0 Å². The molecule has 72 valence electrons. The first-order valence-corrected chi connectivity index (χ1v) is 5.30. The second kappa shape index (κ2) is 4.51. The number of nitrogen functional groups attached to an aromatic ring is 1. The van der Waals surface area contributed by atoms with Crippen LogP contribution in [-0.4, -0.2) is 5.25 Å². The number of hydrogen-bond donors (Lipinski definition) is 1. The quantitative estimate of drug-likeness (QED) is 0.757. The summed E-state index contributed by atoms with van der Waals surface area (Å²) in [5, 5.41) is 0.589. The molecule has 1 aromatic carbocycles. The molecule has 0 atom stereocenters. The monoisotopic (exact) mass is 199 g/mol. The van der Waals surface area contributed by atoms with Crippen LogP contribution < -0.4 is 5.73 Å². The maximum atomic E-state index is 12.8. The lowest BCUT2D eigenvalue weighted by Gasteiger charge is -2.05. The van der Waals surface area contributed by atoms with Gasteiger partial charge < -0.3 is 5.73 Å². The molecule has 0 fully saturated rings. The zero-order chi connectivity index (χ0) is 9.84. The van der Waals surface area contributed by atoms with E-state index in [1.807, 2.05) is 11.8 Å². The Morgan fingerprint density at radius 1 is 1.46 bits per heavy atom. The van der Waals surface area contributed by atoms with Crippen molar-refractivity contribution in [3.05, 3.63) is 29.6 Å². The van der Waals surface area contributed by atoms with Crippen molar-refractivity contribution in [1.82, 2.24) is 0 Å². The molecule has 0 heterocycles. The lowest BCUT2D eigenvalue weighted by atomic mass is 10.2. The molecule has 0 bridgehead atoms. The van der Waals surface area contributed by atoms with Gasteiger partial charge in [-0.3, -0.25) is 0 Å². The van der Waals surface area contributed by atoms with Gasteiger partial charge in [-0.25, -0.2) is 4.39 Å². The van der Waals surface area contributed by atoms with E-state index in [9.17, 15) is 4.39 Å². The van der Waals surface area contributed by atoms with E-state index in [2.05, 4.69) is 13.8 Å². The Bertz CT molecular complexity index is 286. The lowest BCUT2D eigenvalue weighted by molar-refractivity contribution is 0.632. The zero-order valence-electron chi connectivity index (χ0n) is 7.88. The Balaban J connectivity index is 2.63. The van der Waals surface area contributed by atoms with Crippen LogP contribution in [-0.2, 0) is 5.75 Å². The molecular formula is C10H14FNS. The van der Waals surface area contributed by atoms with E-state index in [1.165, 1.54) is 6.07 Å². The summed E-state index contributed by atoms with van der Waals surface area (Å²) in [7, 11) is 0. The van der Waals surface area contributed by atoms with Crippen molar-refractivity contribution < 1.29 is 4.39 Å². The smallest absolute Gasteiger partial charge is 0.146 e. The van der Waals surface area contributed by atoms with E-state index >= 15 is 0 Å². The highest BCUT2D eigenvalue weighted by Gasteiger charge is 2.00. The Hall–Kier alpha value is -0.700. The number of anilines is 1. The largest absolute Gasteiger partial charge is 0.396 e. The van der Waals surface area contributed by atoms with Crippen LogP contribution in [0.15, 0.2) is 18.2 Å². The van der Waals surface area contributed by atoms with Crippen molar-refractivity contribution in [1.29, 1.82) is 0 Å². The molecular weight excluding hydrogens is 185 g/mol. The number of nitrogens with two attached hydrogens (primary N) is 1. The summed E-state index contributed by atoms with van der Waals surface area (Å²) in [6.07, 6.45) is 0. The van der Waals surface area contributed by atoms with E-state index in [1.54, 1.807) is 12.1 Å². The molecule has 0 saturated carbocycles. The van der Waals surface area contributed by atoms with E-state index in [0.717, 1.165) is 11.3 Å². The highest BCUT2D eigenvalue weighted by molar-refractivity contribution is 7.99. The van der Waals surface area contributed by atoms with Crippen LogP contribution in [0.25, 0.3) is 0 Å². The number of thioether (sulfide) groups is 1. The van der Waals surface area contributed by atoms with Crippen molar-refractivity contribution in [2.24, 2.45) is 0 Å². The van der Waals surface area contributed by atoms with Crippen LogP contribution in [0.5, 0.6) is 0 Å². The molecule has 2 N–H and O–H groups in total. The van der Waals surface area contributed by atoms with E-state index in [0.29, 0.717) is 5.25 Å². The second-order valence-electron chi connectivity index (χ2n) is 3.22. The van der Waals surface area contributed by atoms with Gasteiger partial charge in [0.25, 0.3) is 0 Å². The molecule has 3 heteroatoms. The fourth-order valence-electron chi connectivity index (χ4n) is 0.946. The molecule has 0 spiro atoms. The molecule has 1 nitrogen and oxygen atoms in total. The van der Waals surface area contributed by atoms with Crippen LogP contribution in [0.1, 0.15) is 19.4 Å². The summed E-state index contributed by atoms with van der Waals surface area (Å²) in [5.41, 5.74) is 6.76. The molecule has 0 unspecified atom stereocenters. The minimum Gasteiger partial charge on any atom is -0.396 e. The Morgan fingerprint density at radius 2 is 2.15 bits per heavy atom. The van der Waals surface area contributed by atoms with Crippen molar-refractivity contribution in [2.75, 3.05) is 5.73 Å². The fraction of sp³-hybridized carbons (Fsp3) is 0.400. The molecule has 13 heavy (non-hydrogen) atoms. The maximum Gasteiger partial charge on any atom is 0.146 e. The first-order valence-electron chi connectivity index (χ1n) is 4.25. The molecule has 1 rings (SSSR count). The Morgan fingerprint density at radius 3 is 2.69 bits per heavy atom. The van der Waals surface area contributed by atoms with Crippen molar-refractivity contribution in [3.63, 3.8) is 0 Å².